The van der Waals surface area contributed by atoms with E-state index in [2.05, 4.69) is 10.3 Å². The zero-order chi connectivity index (χ0) is 13.5. The van der Waals surface area contributed by atoms with E-state index in [0.29, 0.717) is 13.0 Å². The number of carbonyl (C=O) groups excluding carboxylic acids is 1. The van der Waals surface area contributed by atoms with E-state index in [0.717, 1.165) is 11.1 Å². The Morgan fingerprint density at radius 3 is 2.47 bits per heavy atom. The molecule has 1 aromatic heterocycles. The van der Waals surface area contributed by atoms with Gasteiger partial charge in [-0.2, -0.15) is 0 Å². The third kappa shape index (κ3) is 4.19. The van der Waals surface area contributed by atoms with Crippen LogP contribution in [-0.4, -0.2) is 16.9 Å². The fraction of sp³-hybridized carbons (Fsp3) is 0.200. The van der Waals surface area contributed by atoms with Crippen LogP contribution in [0.3, 0.4) is 0 Å². The van der Waals surface area contributed by atoms with Gasteiger partial charge in [-0.25, -0.2) is 0 Å². The largest absolute Gasteiger partial charge is 0.351 e. The monoisotopic (exact) mass is 255 g/mol. The molecule has 2 rings (SSSR count). The van der Waals surface area contributed by atoms with Crippen LogP contribution >= 0.6 is 0 Å². The second-order valence-electron chi connectivity index (χ2n) is 4.37. The number of nitrogens with zero attached hydrogens (tertiary/aromatic N) is 1. The minimum absolute atomic E-state index is 0.138. The van der Waals surface area contributed by atoms with E-state index in [1.54, 1.807) is 12.4 Å². The van der Waals surface area contributed by atoms with Crippen molar-refractivity contribution < 1.29 is 4.79 Å². The molecule has 0 saturated heterocycles. The second kappa shape index (κ2) is 6.66. The lowest BCUT2D eigenvalue weighted by molar-refractivity contribution is -0.122. The number of pyridine rings is 1. The Kier molecular flexibility index (Phi) is 4.64. The van der Waals surface area contributed by atoms with E-state index in [1.807, 2.05) is 42.5 Å². The van der Waals surface area contributed by atoms with Crippen molar-refractivity contribution >= 4 is 5.91 Å². The first-order chi connectivity index (χ1) is 9.25. The first kappa shape index (κ1) is 13.2. The van der Waals surface area contributed by atoms with Crippen LogP contribution in [0.15, 0.2) is 54.9 Å². The molecular weight excluding hydrogens is 238 g/mol. The Morgan fingerprint density at radius 1 is 1.11 bits per heavy atom. The van der Waals surface area contributed by atoms with Gasteiger partial charge < -0.3 is 11.1 Å². The van der Waals surface area contributed by atoms with E-state index in [1.165, 1.54) is 0 Å². The van der Waals surface area contributed by atoms with Crippen LogP contribution in [0.25, 0.3) is 0 Å². The summed E-state index contributed by atoms with van der Waals surface area (Å²) in [6, 6.07) is 13.0. The maximum absolute atomic E-state index is 11.9. The second-order valence-corrected chi connectivity index (χ2v) is 4.37. The summed E-state index contributed by atoms with van der Waals surface area (Å²) in [6.45, 7) is 0.476. The SMILES string of the molecule is NC(Cc1ccccc1)C(=O)NCc1ccncc1. The summed E-state index contributed by atoms with van der Waals surface area (Å²) in [5.74, 6) is -0.138. The minimum Gasteiger partial charge on any atom is -0.351 e. The zero-order valence-electron chi connectivity index (χ0n) is 10.6. The van der Waals surface area contributed by atoms with Gasteiger partial charge in [-0.15, -0.1) is 0 Å². The maximum Gasteiger partial charge on any atom is 0.237 e. The lowest BCUT2D eigenvalue weighted by atomic mass is 10.1. The molecule has 0 saturated carbocycles. The van der Waals surface area contributed by atoms with Gasteiger partial charge in [0.15, 0.2) is 0 Å². The molecule has 4 heteroatoms. The summed E-state index contributed by atoms with van der Waals surface area (Å²) < 4.78 is 0. The molecule has 1 amide bonds. The highest BCUT2D eigenvalue weighted by molar-refractivity contribution is 5.81. The van der Waals surface area contributed by atoms with Gasteiger partial charge in [-0.05, 0) is 29.7 Å². The molecule has 0 aliphatic carbocycles. The Morgan fingerprint density at radius 2 is 1.79 bits per heavy atom. The molecule has 1 unspecified atom stereocenters. The van der Waals surface area contributed by atoms with Crippen molar-refractivity contribution in [2.24, 2.45) is 5.73 Å². The average Bonchev–Trinajstić information content (AvgIpc) is 2.47. The van der Waals surface area contributed by atoms with Crippen molar-refractivity contribution in [1.82, 2.24) is 10.3 Å². The lowest BCUT2D eigenvalue weighted by Gasteiger charge is -2.12. The van der Waals surface area contributed by atoms with E-state index in [-0.39, 0.29) is 5.91 Å². The summed E-state index contributed by atoms with van der Waals surface area (Å²) >= 11 is 0. The fourth-order valence-corrected chi connectivity index (χ4v) is 1.78. The number of nitrogens with two attached hydrogens (primary N) is 1. The molecule has 0 spiro atoms. The molecule has 0 bridgehead atoms. The molecule has 0 aliphatic heterocycles. The molecule has 1 atom stereocenters. The zero-order valence-corrected chi connectivity index (χ0v) is 10.6. The number of rotatable bonds is 5. The highest BCUT2D eigenvalue weighted by Crippen LogP contribution is 2.02. The third-order valence-corrected chi connectivity index (χ3v) is 2.85. The lowest BCUT2D eigenvalue weighted by Crippen LogP contribution is -2.41. The van der Waals surface area contributed by atoms with Crippen LogP contribution < -0.4 is 11.1 Å². The topological polar surface area (TPSA) is 68.0 Å². The van der Waals surface area contributed by atoms with E-state index >= 15 is 0 Å². The average molecular weight is 255 g/mol. The Hall–Kier alpha value is -2.20. The van der Waals surface area contributed by atoms with Crippen molar-refractivity contribution in [2.75, 3.05) is 0 Å². The van der Waals surface area contributed by atoms with Gasteiger partial charge in [-0.1, -0.05) is 30.3 Å². The third-order valence-electron chi connectivity index (χ3n) is 2.85. The highest BCUT2D eigenvalue weighted by atomic mass is 16.2. The van der Waals surface area contributed by atoms with Crippen LogP contribution in [0.4, 0.5) is 0 Å². The first-order valence-electron chi connectivity index (χ1n) is 6.22. The van der Waals surface area contributed by atoms with Crippen LogP contribution in [0.5, 0.6) is 0 Å². The quantitative estimate of drug-likeness (QED) is 0.845. The molecule has 1 heterocycles. The van der Waals surface area contributed by atoms with Crippen LogP contribution in [0, 0.1) is 0 Å². The Balaban J connectivity index is 1.83. The van der Waals surface area contributed by atoms with Crippen molar-refractivity contribution in [3.63, 3.8) is 0 Å². The predicted octanol–water partition coefficient (Wildman–Crippen LogP) is 1.27. The van der Waals surface area contributed by atoms with Gasteiger partial charge in [0.25, 0.3) is 0 Å². The minimum atomic E-state index is -0.524. The Bertz CT molecular complexity index is 513. The molecule has 19 heavy (non-hydrogen) atoms. The van der Waals surface area contributed by atoms with E-state index < -0.39 is 6.04 Å². The summed E-state index contributed by atoms with van der Waals surface area (Å²) in [4.78, 5) is 15.8. The van der Waals surface area contributed by atoms with Crippen LogP contribution in [0.1, 0.15) is 11.1 Å². The maximum atomic E-state index is 11.9. The van der Waals surface area contributed by atoms with Crippen molar-refractivity contribution in [2.45, 2.75) is 19.0 Å². The van der Waals surface area contributed by atoms with Gasteiger partial charge >= 0.3 is 0 Å². The van der Waals surface area contributed by atoms with Gasteiger partial charge in [0.1, 0.15) is 0 Å². The number of amides is 1. The summed E-state index contributed by atoms with van der Waals surface area (Å²) in [5, 5.41) is 2.83. The fourth-order valence-electron chi connectivity index (χ4n) is 1.78. The van der Waals surface area contributed by atoms with E-state index in [4.69, 9.17) is 5.73 Å². The van der Waals surface area contributed by atoms with Gasteiger partial charge in [-0.3, -0.25) is 9.78 Å². The number of benzene rings is 1. The Labute approximate surface area is 112 Å². The standard InChI is InChI=1S/C15H17N3O/c16-14(10-12-4-2-1-3-5-12)15(19)18-11-13-6-8-17-9-7-13/h1-9,14H,10-11,16H2,(H,18,19). The molecule has 3 N–H and O–H groups in total. The number of nitrogens with one attached hydrogen (secondary N) is 1. The molecule has 1 aromatic carbocycles. The molecule has 2 aromatic rings. The summed E-state index contributed by atoms with van der Waals surface area (Å²) in [5.41, 5.74) is 7.96. The molecule has 4 nitrogen and oxygen atoms in total. The summed E-state index contributed by atoms with van der Waals surface area (Å²) in [7, 11) is 0. The molecule has 0 radical (unpaired) electrons. The highest BCUT2D eigenvalue weighted by Gasteiger charge is 2.13. The number of hydrogen-bond donors (Lipinski definition) is 2. The smallest absolute Gasteiger partial charge is 0.237 e. The molecular formula is C15H17N3O. The van der Waals surface area contributed by atoms with Crippen molar-refractivity contribution in [3.8, 4) is 0 Å². The van der Waals surface area contributed by atoms with Gasteiger partial charge in [0, 0.05) is 18.9 Å². The normalized spacial score (nSPS) is 11.8. The molecule has 98 valence electrons. The molecule has 0 fully saturated rings. The van der Waals surface area contributed by atoms with E-state index in [9.17, 15) is 4.79 Å². The van der Waals surface area contributed by atoms with Gasteiger partial charge in [0.05, 0.1) is 6.04 Å². The molecule has 0 aliphatic rings. The van der Waals surface area contributed by atoms with Gasteiger partial charge in [0.2, 0.25) is 5.91 Å². The van der Waals surface area contributed by atoms with Crippen molar-refractivity contribution in [3.05, 3.63) is 66.0 Å². The van der Waals surface area contributed by atoms with Crippen molar-refractivity contribution in [1.29, 1.82) is 0 Å². The number of hydrogen-bond acceptors (Lipinski definition) is 3. The predicted molar refractivity (Wildman–Crippen MR) is 74.2 cm³/mol. The van der Waals surface area contributed by atoms with Crippen LogP contribution in [-0.2, 0) is 17.8 Å². The number of carbonyl (C=O) groups is 1. The number of aromatic nitrogens is 1. The first-order valence-corrected chi connectivity index (χ1v) is 6.22. The summed E-state index contributed by atoms with van der Waals surface area (Å²) in [6.07, 6.45) is 3.94. The van der Waals surface area contributed by atoms with Crippen LogP contribution in [0.2, 0.25) is 0 Å².